The Balaban J connectivity index is 1.57. The summed E-state index contributed by atoms with van der Waals surface area (Å²) in [6.07, 6.45) is 5.14. The van der Waals surface area contributed by atoms with Crippen LogP contribution in [-0.2, 0) is 28.9 Å². The highest BCUT2D eigenvalue weighted by atomic mass is 32.1. The molecule has 2 aliphatic rings. The maximum absolute atomic E-state index is 12.9. The van der Waals surface area contributed by atoms with Crippen LogP contribution >= 0.6 is 11.3 Å². The summed E-state index contributed by atoms with van der Waals surface area (Å²) >= 11 is 1.53. The fourth-order valence-electron chi connectivity index (χ4n) is 4.37. The molecule has 1 aromatic carbocycles. The molecule has 1 aliphatic heterocycles. The number of amides is 2. The van der Waals surface area contributed by atoms with E-state index < -0.39 is 0 Å². The largest absolute Gasteiger partial charge is 0.335 e. The molecule has 2 amide bonds. The van der Waals surface area contributed by atoms with Gasteiger partial charge >= 0.3 is 0 Å². The predicted molar refractivity (Wildman–Crippen MR) is 109 cm³/mol. The number of anilines is 1. The molecule has 28 heavy (non-hydrogen) atoms. The summed E-state index contributed by atoms with van der Waals surface area (Å²) in [5.41, 5.74) is 3.98. The number of rotatable bonds is 3. The van der Waals surface area contributed by atoms with Gasteiger partial charge in [0.25, 0.3) is 0 Å². The maximum Gasteiger partial charge on any atom is 0.227 e. The van der Waals surface area contributed by atoms with Crippen LogP contribution in [0, 0.1) is 11.3 Å². The van der Waals surface area contributed by atoms with E-state index in [1.807, 2.05) is 18.2 Å². The Morgan fingerprint density at radius 2 is 2.04 bits per heavy atom. The van der Waals surface area contributed by atoms with Gasteiger partial charge in [-0.25, -0.2) is 0 Å². The average molecular weight is 394 g/mol. The van der Waals surface area contributed by atoms with Gasteiger partial charge in [-0.1, -0.05) is 24.3 Å². The van der Waals surface area contributed by atoms with Crippen LogP contribution in [0.1, 0.15) is 59.4 Å². The Kier molecular flexibility index (Phi) is 5.19. The minimum absolute atomic E-state index is 0.0170. The molecule has 1 N–H and O–H groups in total. The lowest BCUT2D eigenvalue weighted by Crippen LogP contribution is -2.40. The van der Waals surface area contributed by atoms with E-state index in [2.05, 4.69) is 17.5 Å². The topological polar surface area (TPSA) is 73.2 Å². The third-order valence-corrected chi connectivity index (χ3v) is 6.94. The number of thiophene rings is 1. The van der Waals surface area contributed by atoms with Gasteiger partial charge in [0.1, 0.15) is 11.1 Å². The van der Waals surface area contributed by atoms with Crippen molar-refractivity contribution in [2.24, 2.45) is 0 Å². The van der Waals surface area contributed by atoms with E-state index in [0.29, 0.717) is 17.1 Å². The van der Waals surface area contributed by atoms with E-state index >= 15 is 0 Å². The Labute approximate surface area is 169 Å². The van der Waals surface area contributed by atoms with E-state index in [1.165, 1.54) is 21.8 Å². The van der Waals surface area contributed by atoms with Crippen LogP contribution in [0.5, 0.6) is 0 Å². The zero-order chi connectivity index (χ0) is 19.7. The average Bonchev–Trinajstić information content (AvgIpc) is 3.04. The summed E-state index contributed by atoms with van der Waals surface area (Å²) < 4.78 is 0. The van der Waals surface area contributed by atoms with Crippen LogP contribution in [0.3, 0.4) is 0 Å². The lowest BCUT2D eigenvalue weighted by Gasteiger charge is -2.36. The van der Waals surface area contributed by atoms with E-state index in [-0.39, 0.29) is 24.3 Å². The van der Waals surface area contributed by atoms with Crippen molar-refractivity contribution in [1.82, 2.24) is 4.90 Å². The van der Waals surface area contributed by atoms with Crippen LogP contribution in [0.15, 0.2) is 24.3 Å². The van der Waals surface area contributed by atoms with Crippen LogP contribution in [0.25, 0.3) is 0 Å². The third kappa shape index (κ3) is 3.43. The van der Waals surface area contributed by atoms with E-state index in [1.54, 1.807) is 11.8 Å². The number of hydrogen-bond acceptors (Lipinski definition) is 4. The van der Waals surface area contributed by atoms with Crippen molar-refractivity contribution in [3.8, 4) is 6.07 Å². The molecule has 6 heteroatoms. The summed E-state index contributed by atoms with van der Waals surface area (Å²) in [4.78, 5) is 28.0. The molecule has 0 radical (unpaired) electrons. The minimum Gasteiger partial charge on any atom is -0.335 e. The van der Waals surface area contributed by atoms with Gasteiger partial charge in [-0.15, -0.1) is 11.3 Å². The Morgan fingerprint density at radius 1 is 1.25 bits per heavy atom. The summed E-state index contributed by atoms with van der Waals surface area (Å²) in [5.74, 6) is -0.167. The van der Waals surface area contributed by atoms with Crippen molar-refractivity contribution < 1.29 is 9.59 Å². The molecule has 0 fully saturated rings. The normalized spacial score (nSPS) is 18.0. The molecule has 1 aliphatic carbocycles. The molecular weight excluding hydrogens is 370 g/mol. The number of nitriles is 1. The number of nitrogens with one attached hydrogen (secondary N) is 1. The van der Waals surface area contributed by atoms with Crippen molar-refractivity contribution >= 4 is 28.2 Å². The van der Waals surface area contributed by atoms with Crippen LogP contribution in [-0.4, -0.2) is 23.3 Å². The van der Waals surface area contributed by atoms with Crippen LogP contribution in [0.4, 0.5) is 5.00 Å². The second-order valence-electron chi connectivity index (χ2n) is 7.46. The smallest absolute Gasteiger partial charge is 0.227 e. The van der Waals surface area contributed by atoms with Crippen molar-refractivity contribution in [2.45, 2.75) is 51.5 Å². The molecule has 1 unspecified atom stereocenters. The first-order valence-corrected chi connectivity index (χ1v) is 10.6. The molecule has 0 spiro atoms. The number of nitrogens with zero attached hydrogens (tertiary/aromatic N) is 2. The van der Waals surface area contributed by atoms with Gasteiger partial charge < -0.3 is 10.2 Å². The molecule has 2 aromatic rings. The predicted octanol–water partition coefficient (Wildman–Crippen LogP) is 3.97. The third-order valence-electron chi connectivity index (χ3n) is 5.73. The number of carbonyl (C=O) groups excluding carboxylic acids is 2. The molecule has 5 nitrogen and oxygen atoms in total. The fourth-order valence-corrected chi connectivity index (χ4v) is 5.63. The summed E-state index contributed by atoms with van der Waals surface area (Å²) in [6.45, 7) is 2.18. The molecule has 2 heterocycles. The summed E-state index contributed by atoms with van der Waals surface area (Å²) in [5, 5.41) is 13.2. The molecule has 0 saturated heterocycles. The van der Waals surface area contributed by atoms with Gasteiger partial charge in [0.05, 0.1) is 18.0 Å². The molecular formula is C22H23N3O2S. The molecule has 144 valence electrons. The fraction of sp³-hybridized carbons (Fsp3) is 0.409. The summed E-state index contributed by atoms with van der Waals surface area (Å²) in [7, 11) is 0. The Hall–Kier alpha value is -2.65. The maximum atomic E-state index is 12.9. The Morgan fingerprint density at radius 3 is 2.82 bits per heavy atom. The SMILES string of the molecule is CC(=O)N1CCc2ccccc2C1CC(=O)Nc1sc2c(c1C#N)CCCC2. The first-order chi connectivity index (χ1) is 13.6. The van der Waals surface area contributed by atoms with Gasteiger partial charge in [-0.05, 0) is 48.8 Å². The standard InChI is InChI=1S/C22H23N3O2S/c1-14(26)25-11-10-15-6-2-3-7-16(15)19(25)12-21(27)24-22-18(13-23)17-8-4-5-9-20(17)28-22/h2-3,6-7,19H,4-5,8-12H2,1H3,(H,24,27). The Bertz CT molecular complexity index is 973. The van der Waals surface area contributed by atoms with Gasteiger partial charge in [0.15, 0.2) is 0 Å². The van der Waals surface area contributed by atoms with E-state index in [4.69, 9.17) is 0 Å². The van der Waals surface area contributed by atoms with Crippen LogP contribution in [0.2, 0.25) is 0 Å². The molecule has 1 atom stereocenters. The number of fused-ring (bicyclic) bond motifs is 2. The van der Waals surface area contributed by atoms with Crippen molar-refractivity contribution in [3.63, 3.8) is 0 Å². The number of carbonyl (C=O) groups is 2. The zero-order valence-corrected chi connectivity index (χ0v) is 16.8. The molecule has 0 bridgehead atoms. The molecule has 1 aromatic heterocycles. The van der Waals surface area contributed by atoms with E-state index in [9.17, 15) is 14.9 Å². The van der Waals surface area contributed by atoms with Crippen molar-refractivity contribution in [3.05, 3.63) is 51.4 Å². The van der Waals surface area contributed by atoms with Gasteiger partial charge in [0, 0.05) is 18.3 Å². The number of aryl methyl sites for hydroxylation is 1. The van der Waals surface area contributed by atoms with E-state index in [0.717, 1.165) is 43.2 Å². The molecule has 0 saturated carbocycles. The van der Waals surface area contributed by atoms with Crippen molar-refractivity contribution in [2.75, 3.05) is 11.9 Å². The quantitative estimate of drug-likeness (QED) is 0.857. The van der Waals surface area contributed by atoms with Crippen molar-refractivity contribution in [1.29, 1.82) is 5.26 Å². The second kappa shape index (κ2) is 7.76. The minimum atomic E-state index is -0.262. The number of benzene rings is 1. The first kappa shape index (κ1) is 18.7. The van der Waals surface area contributed by atoms with Gasteiger partial charge in [0.2, 0.25) is 11.8 Å². The van der Waals surface area contributed by atoms with Gasteiger partial charge in [-0.3, -0.25) is 9.59 Å². The monoisotopic (exact) mass is 393 g/mol. The lowest BCUT2D eigenvalue weighted by atomic mass is 9.90. The highest BCUT2D eigenvalue weighted by molar-refractivity contribution is 7.16. The summed E-state index contributed by atoms with van der Waals surface area (Å²) in [6, 6.07) is 10.0. The zero-order valence-electron chi connectivity index (χ0n) is 16.0. The van der Waals surface area contributed by atoms with Crippen LogP contribution < -0.4 is 5.32 Å². The lowest BCUT2D eigenvalue weighted by molar-refractivity contribution is -0.132. The highest BCUT2D eigenvalue weighted by Gasteiger charge is 2.31. The first-order valence-electron chi connectivity index (χ1n) is 9.78. The second-order valence-corrected chi connectivity index (χ2v) is 8.56. The molecule has 4 rings (SSSR count). The highest BCUT2D eigenvalue weighted by Crippen LogP contribution is 2.38. The van der Waals surface area contributed by atoms with Gasteiger partial charge in [-0.2, -0.15) is 5.26 Å². The number of hydrogen-bond donors (Lipinski definition) is 1.